The van der Waals surface area contributed by atoms with Crippen molar-refractivity contribution in [1.82, 2.24) is 5.48 Å². The summed E-state index contributed by atoms with van der Waals surface area (Å²) in [7, 11) is -3.90. The monoisotopic (exact) mass is 377 g/mol. The highest BCUT2D eigenvalue weighted by molar-refractivity contribution is 7.93. The van der Waals surface area contributed by atoms with Gasteiger partial charge in [0.2, 0.25) is 0 Å². The number of nitrogens with one attached hydrogen (secondary N) is 1. The molecule has 5 nitrogen and oxygen atoms in total. The molecule has 3 rings (SSSR count). The van der Waals surface area contributed by atoms with E-state index in [-0.39, 0.29) is 17.7 Å². The summed E-state index contributed by atoms with van der Waals surface area (Å²) in [6.07, 6.45) is 3.91. The summed E-state index contributed by atoms with van der Waals surface area (Å²) in [6.45, 7) is 4.25. The topological polar surface area (TPSA) is 83.5 Å². The normalized spacial score (nSPS) is 16.4. The SMILES string of the molecule is CCC.O=C(NO)C1(S(=O)(=O)c2ccc3ccccc3c2)CCCCC1. The molecule has 0 radical (unpaired) electrons. The number of carbonyl (C=O) groups is 1. The second-order valence-corrected chi connectivity index (χ2v) is 8.98. The van der Waals surface area contributed by atoms with E-state index in [4.69, 9.17) is 5.21 Å². The van der Waals surface area contributed by atoms with Crippen molar-refractivity contribution >= 4 is 26.5 Å². The molecule has 1 amide bonds. The summed E-state index contributed by atoms with van der Waals surface area (Å²) in [6, 6.07) is 12.4. The van der Waals surface area contributed by atoms with Gasteiger partial charge in [0.05, 0.1) is 4.90 Å². The standard InChI is InChI=1S/C17H19NO4S.C3H8/c19-16(18-20)17(10-4-1-5-11-17)23(21,22)15-9-8-13-6-2-3-7-14(13)12-15;1-3-2/h2-3,6-9,12,20H,1,4-5,10-11H2,(H,18,19);3H2,1-2H3. The van der Waals surface area contributed by atoms with Gasteiger partial charge in [-0.05, 0) is 35.7 Å². The molecular weight excluding hydrogens is 350 g/mol. The lowest BCUT2D eigenvalue weighted by atomic mass is 9.88. The van der Waals surface area contributed by atoms with E-state index < -0.39 is 20.5 Å². The van der Waals surface area contributed by atoms with Crippen LogP contribution in [0.2, 0.25) is 0 Å². The van der Waals surface area contributed by atoms with E-state index in [0.717, 1.165) is 17.2 Å². The van der Waals surface area contributed by atoms with Gasteiger partial charge in [-0.25, -0.2) is 13.9 Å². The van der Waals surface area contributed by atoms with Crippen LogP contribution < -0.4 is 5.48 Å². The molecule has 0 spiro atoms. The Morgan fingerprint density at radius 3 is 2.19 bits per heavy atom. The average Bonchev–Trinajstić information content (AvgIpc) is 2.68. The number of hydrogen-bond acceptors (Lipinski definition) is 4. The molecule has 6 heteroatoms. The number of carbonyl (C=O) groups excluding carboxylic acids is 1. The van der Waals surface area contributed by atoms with E-state index in [9.17, 15) is 13.2 Å². The van der Waals surface area contributed by atoms with Gasteiger partial charge in [0.15, 0.2) is 14.6 Å². The number of hydrogen-bond donors (Lipinski definition) is 2. The second-order valence-electron chi connectivity index (χ2n) is 6.72. The number of sulfone groups is 1. The maximum absolute atomic E-state index is 13.2. The van der Waals surface area contributed by atoms with Gasteiger partial charge in [-0.1, -0.05) is 69.9 Å². The van der Waals surface area contributed by atoms with Gasteiger partial charge < -0.3 is 0 Å². The summed E-state index contributed by atoms with van der Waals surface area (Å²) < 4.78 is 24.8. The zero-order valence-electron chi connectivity index (χ0n) is 15.4. The van der Waals surface area contributed by atoms with Crippen molar-refractivity contribution in [2.45, 2.75) is 62.0 Å². The second kappa shape index (κ2) is 8.64. The van der Waals surface area contributed by atoms with E-state index >= 15 is 0 Å². The van der Waals surface area contributed by atoms with E-state index in [0.29, 0.717) is 12.8 Å². The van der Waals surface area contributed by atoms with Crippen molar-refractivity contribution in [3.8, 4) is 0 Å². The minimum absolute atomic E-state index is 0.127. The lowest BCUT2D eigenvalue weighted by Gasteiger charge is -2.34. The van der Waals surface area contributed by atoms with Gasteiger partial charge in [-0.2, -0.15) is 0 Å². The van der Waals surface area contributed by atoms with Crippen LogP contribution in [0.1, 0.15) is 52.4 Å². The molecule has 0 bridgehead atoms. The Morgan fingerprint density at radius 1 is 1.04 bits per heavy atom. The smallest absolute Gasteiger partial charge is 0.265 e. The summed E-state index contributed by atoms with van der Waals surface area (Å²) in [5, 5.41) is 10.8. The maximum Gasteiger partial charge on any atom is 0.265 e. The minimum Gasteiger partial charge on any atom is -0.289 e. The third kappa shape index (κ3) is 3.76. The Kier molecular flexibility index (Phi) is 6.78. The van der Waals surface area contributed by atoms with Crippen LogP contribution >= 0.6 is 0 Å². The molecule has 2 N–H and O–H groups in total. The van der Waals surface area contributed by atoms with Crippen molar-refractivity contribution in [2.75, 3.05) is 0 Å². The molecule has 0 unspecified atom stereocenters. The van der Waals surface area contributed by atoms with Crippen LogP contribution in [0.5, 0.6) is 0 Å². The van der Waals surface area contributed by atoms with Crippen molar-refractivity contribution in [3.63, 3.8) is 0 Å². The van der Waals surface area contributed by atoms with E-state index in [1.54, 1.807) is 23.7 Å². The third-order valence-electron chi connectivity index (χ3n) is 4.72. The predicted octanol–water partition coefficient (Wildman–Crippen LogP) is 4.24. The summed E-state index contributed by atoms with van der Waals surface area (Å²) in [5.74, 6) is -0.828. The van der Waals surface area contributed by atoms with Crippen LogP contribution in [0.15, 0.2) is 47.4 Å². The maximum atomic E-state index is 13.2. The van der Waals surface area contributed by atoms with Crippen LogP contribution in [0, 0.1) is 0 Å². The lowest BCUT2D eigenvalue weighted by Crippen LogP contribution is -2.52. The fourth-order valence-electron chi connectivity index (χ4n) is 3.40. The van der Waals surface area contributed by atoms with E-state index in [1.807, 2.05) is 24.3 Å². The number of fused-ring (bicyclic) bond motifs is 1. The van der Waals surface area contributed by atoms with E-state index in [2.05, 4.69) is 13.8 Å². The van der Waals surface area contributed by atoms with Gasteiger partial charge in [0.25, 0.3) is 5.91 Å². The Hall–Kier alpha value is -1.92. The van der Waals surface area contributed by atoms with E-state index in [1.165, 1.54) is 6.42 Å². The zero-order chi connectivity index (χ0) is 19.2. The molecule has 142 valence electrons. The first-order valence-electron chi connectivity index (χ1n) is 9.11. The lowest BCUT2D eigenvalue weighted by molar-refractivity contribution is -0.132. The van der Waals surface area contributed by atoms with Crippen LogP contribution in [-0.4, -0.2) is 24.3 Å². The van der Waals surface area contributed by atoms with Crippen LogP contribution in [0.25, 0.3) is 10.8 Å². The fourth-order valence-corrected chi connectivity index (χ4v) is 5.50. The molecule has 26 heavy (non-hydrogen) atoms. The summed E-state index contributed by atoms with van der Waals surface area (Å²) in [4.78, 5) is 12.4. The Morgan fingerprint density at radius 2 is 1.62 bits per heavy atom. The van der Waals surface area contributed by atoms with Crippen molar-refractivity contribution in [2.24, 2.45) is 0 Å². The largest absolute Gasteiger partial charge is 0.289 e. The average molecular weight is 378 g/mol. The highest BCUT2D eigenvalue weighted by Gasteiger charge is 2.51. The first-order valence-corrected chi connectivity index (χ1v) is 10.6. The molecule has 1 fully saturated rings. The highest BCUT2D eigenvalue weighted by Crippen LogP contribution is 2.39. The number of hydroxylamine groups is 1. The zero-order valence-corrected chi connectivity index (χ0v) is 16.2. The quantitative estimate of drug-likeness (QED) is 0.619. The fraction of sp³-hybridized carbons (Fsp3) is 0.450. The number of amides is 1. The molecule has 0 heterocycles. The Balaban J connectivity index is 0.000000758. The van der Waals surface area contributed by atoms with Gasteiger partial charge >= 0.3 is 0 Å². The van der Waals surface area contributed by atoms with Crippen LogP contribution in [0.4, 0.5) is 0 Å². The van der Waals surface area contributed by atoms with Gasteiger partial charge in [0.1, 0.15) is 0 Å². The molecule has 1 saturated carbocycles. The molecule has 2 aromatic rings. The minimum atomic E-state index is -3.90. The van der Waals surface area contributed by atoms with Crippen molar-refractivity contribution in [1.29, 1.82) is 0 Å². The first-order chi connectivity index (χ1) is 12.4. The van der Waals surface area contributed by atoms with Crippen LogP contribution in [0.3, 0.4) is 0 Å². The number of benzene rings is 2. The highest BCUT2D eigenvalue weighted by atomic mass is 32.2. The first kappa shape index (κ1) is 20.4. The molecule has 0 aromatic heterocycles. The van der Waals surface area contributed by atoms with Crippen molar-refractivity contribution < 1.29 is 18.4 Å². The van der Waals surface area contributed by atoms with Gasteiger partial charge in [0, 0.05) is 0 Å². The molecule has 0 saturated heterocycles. The number of rotatable bonds is 3. The molecule has 1 aliphatic rings. The molecular formula is C20H27NO4S. The predicted molar refractivity (Wildman–Crippen MR) is 103 cm³/mol. The Bertz CT molecular complexity index is 855. The van der Waals surface area contributed by atoms with Crippen LogP contribution in [-0.2, 0) is 14.6 Å². The third-order valence-corrected chi connectivity index (χ3v) is 7.22. The Labute approximate surface area is 155 Å². The molecule has 1 aliphatic carbocycles. The molecule has 2 aromatic carbocycles. The molecule has 0 aliphatic heterocycles. The van der Waals surface area contributed by atoms with Gasteiger partial charge in [-0.15, -0.1) is 0 Å². The van der Waals surface area contributed by atoms with Crippen molar-refractivity contribution in [3.05, 3.63) is 42.5 Å². The van der Waals surface area contributed by atoms with Gasteiger partial charge in [-0.3, -0.25) is 10.0 Å². The summed E-state index contributed by atoms with van der Waals surface area (Å²) in [5.41, 5.74) is 1.57. The summed E-state index contributed by atoms with van der Waals surface area (Å²) >= 11 is 0. The molecule has 0 atom stereocenters.